The molecule has 1 heterocycles. The summed E-state index contributed by atoms with van der Waals surface area (Å²) in [5.74, 6) is 0. The van der Waals surface area contributed by atoms with Crippen LogP contribution in [-0.4, -0.2) is 0 Å². The molecule has 1 aromatic heterocycles. The highest BCUT2D eigenvalue weighted by atomic mass is 16.3. The van der Waals surface area contributed by atoms with E-state index in [1.807, 2.05) is 12.1 Å². The monoisotopic (exact) mass is 699 g/mol. The van der Waals surface area contributed by atoms with Crippen LogP contribution in [0.25, 0.3) is 66.1 Å². The average Bonchev–Trinajstić information content (AvgIpc) is 3.77. The number of anilines is 3. The highest BCUT2D eigenvalue weighted by Crippen LogP contribution is 2.63. The quantitative estimate of drug-likeness (QED) is 0.182. The summed E-state index contributed by atoms with van der Waals surface area (Å²) in [6.45, 7) is 0. The Labute approximate surface area is 319 Å². The molecule has 2 nitrogen and oxygen atoms in total. The Morgan fingerprint density at radius 3 is 1.71 bits per heavy atom. The van der Waals surface area contributed by atoms with Gasteiger partial charge in [0.15, 0.2) is 0 Å². The van der Waals surface area contributed by atoms with Crippen molar-refractivity contribution in [2.24, 2.45) is 0 Å². The van der Waals surface area contributed by atoms with Crippen molar-refractivity contribution in [2.45, 2.75) is 5.41 Å². The summed E-state index contributed by atoms with van der Waals surface area (Å²) in [5.41, 5.74) is 17.4. The Morgan fingerprint density at radius 1 is 0.327 bits per heavy atom. The van der Waals surface area contributed by atoms with Crippen molar-refractivity contribution in [2.75, 3.05) is 4.90 Å². The Morgan fingerprint density at radius 2 is 0.891 bits per heavy atom. The molecule has 0 radical (unpaired) electrons. The Bertz CT molecular complexity index is 3160. The zero-order valence-electron chi connectivity index (χ0n) is 29.9. The summed E-state index contributed by atoms with van der Waals surface area (Å²) in [6, 6.07) is 73.4. The smallest absolute Gasteiger partial charge is 0.137 e. The van der Waals surface area contributed by atoms with Gasteiger partial charge in [-0.1, -0.05) is 152 Å². The second-order valence-electron chi connectivity index (χ2n) is 14.8. The largest absolute Gasteiger partial charge is 0.456 e. The minimum atomic E-state index is -0.536. The molecular weight excluding hydrogens is 667 g/mol. The highest BCUT2D eigenvalue weighted by molar-refractivity contribution is 6.12. The summed E-state index contributed by atoms with van der Waals surface area (Å²) >= 11 is 0. The van der Waals surface area contributed by atoms with Crippen molar-refractivity contribution in [1.29, 1.82) is 0 Å². The van der Waals surface area contributed by atoms with Crippen molar-refractivity contribution in [3.05, 3.63) is 222 Å². The molecule has 9 aromatic carbocycles. The predicted octanol–water partition coefficient (Wildman–Crippen LogP) is 14.2. The van der Waals surface area contributed by atoms with Crippen molar-refractivity contribution >= 4 is 49.8 Å². The lowest BCUT2D eigenvalue weighted by Gasteiger charge is -2.40. The van der Waals surface area contributed by atoms with Crippen LogP contribution in [0.15, 0.2) is 205 Å². The molecule has 0 aliphatic heterocycles. The maximum atomic E-state index is 6.44. The van der Waals surface area contributed by atoms with Crippen molar-refractivity contribution in [1.82, 2.24) is 0 Å². The fourth-order valence-corrected chi connectivity index (χ4v) is 9.87. The summed E-state index contributed by atoms with van der Waals surface area (Å²) < 4.78 is 6.44. The van der Waals surface area contributed by atoms with E-state index in [0.29, 0.717) is 0 Å². The minimum absolute atomic E-state index is 0.536. The first kappa shape index (κ1) is 30.3. The first-order valence-corrected chi connectivity index (χ1v) is 19.0. The predicted molar refractivity (Wildman–Crippen MR) is 228 cm³/mol. The van der Waals surface area contributed by atoms with E-state index in [2.05, 4.69) is 193 Å². The number of para-hydroxylation sites is 2. The molecule has 2 aliphatic carbocycles. The van der Waals surface area contributed by atoms with Crippen LogP contribution in [0.5, 0.6) is 0 Å². The molecule has 10 aromatic rings. The van der Waals surface area contributed by atoms with E-state index in [9.17, 15) is 0 Å². The molecule has 1 unspecified atom stereocenters. The zero-order chi connectivity index (χ0) is 36.1. The lowest BCUT2D eigenvalue weighted by molar-refractivity contribution is 0.669. The molecule has 0 saturated heterocycles. The highest BCUT2D eigenvalue weighted by Gasteiger charge is 2.50. The second-order valence-corrected chi connectivity index (χ2v) is 14.8. The number of rotatable bonds is 4. The number of hydrogen-bond donors (Lipinski definition) is 0. The Kier molecular flexibility index (Phi) is 6.29. The normalized spacial score (nSPS) is 15.0. The van der Waals surface area contributed by atoms with E-state index in [1.54, 1.807) is 0 Å². The molecule has 0 bridgehead atoms. The van der Waals surface area contributed by atoms with Crippen LogP contribution in [0, 0.1) is 0 Å². The molecule has 2 aliphatic rings. The molecule has 256 valence electrons. The topological polar surface area (TPSA) is 16.4 Å². The van der Waals surface area contributed by atoms with Crippen LogP contribution in [0.1, 0.15) is 22.3 Å². The maximum Gasteiger partial charge on any atom is 0.137 e. The third-order valence-electron chi connectivity index (χ3n) is 12.1. The summed E-state index contributed by atoms with van der Waals surface area (Å²) in [7, 11) is 0. The van der Waals surface area contributed by atoms with Gasteiger partial charge < -0.3 is 9.32 Å². The lowest BCUT2D eigenvalue weighted by atomic mass is 9.61. The van der Waals surface area contributed by atoms with Gasteiger partial charge in [-0.05, 0) is 109 Å². The summed E-state index contributed by atoms with van der Waals surface area (Å²) in [4.78, 5) is 2.38. The number of fused-ring (bicyclic) bond motifs is 12. The maximum absolute atomic E-state index is 6.44. The molecule has 2 heteroatoms. The van der Waals surface area contributed by atoms with E-state index in [0.717, 1.165) is 39.0 Å². The molecule has 1 atom stereocenters. The van der Waals surface area contributed by atoms with E-state index < -0.39 is 5.41 Å². The van der Waals surface area contributed by atoms with Crippen molar-refractivity contribution < 1.29 is 4.42 Å². The van der Waals surface area contributed by atoms with Crippen LogP contribution in [0.4, 0.5) is 17.1 Å². The van der Waals surface area contributed by atoms with Gasteiger partial charge in [-0.15, -0.1) is 0 Å². The van der Waals surface area contributed by atoms with Gasteiger partial charge in [0.25, 0.3) is 0 Å². The molecule has 0 amide bonds. The number of benzene rings is 9. The van der Waals surface area contributed by atoms with Gasteiger partial charge in [-0.3, -0.25) is 0 Å². The average molecular weight is 700 g/mol. The fraction of sp³-hybridized carbons (Fsp3) is 0.0189. The Balaban J connectivity index is 1.16. The Hall–Kier alpha value is -7.16. The standard InChI is InChI=1S/C53H33NO/c1-3-14-34(15-4-1)38-30-31-45-40-19-8-11-23-47(40)53(48-24-13-21-44(38)52(45)48)46-22-10-7-18-39(46)41-28-26-36(32-49(41)53)54(35-16-5-2-6-17-35)37-27-29-43-42-20-9-12-25-50(42)55-51(43)33-37/h1-33H. The van der Waals surface area contributed by atoms with Gasteiger partial charge >= 0.3 is 0 Å². The molecule has 0 saturated carbocycles. The summed E-state index contributed by atoms with van der Waals surface area (Å²) in [5, 5.41) is 4.86. The first-order valence-electron chi connectivity index (χ1n) is 19.0. The van der Waals surface area contributed by atoms with Crippen LogP contribution in [-0.2, 0) is 5.41 Å². The third kappa shape index (κ3) is 4.14. The van der Waals surface area contributed by atoms with Gasteiger partial charge in [0.05, 0.1) is 5.41 Å². The SMILES string of the molecule is c1ccc(-c2ccc3c4c(cccc24)C2(c4ccccc4-c4ccc(N(c5ccccc5)c5ccc6c(c5)oc5ccccc56)cc42)c2ccccc2-3)cc1. The van der Waals surface area contributed by atoms with Gasteiger partial charge in [-0.2, -0.15) is 0 Å². The van der Waals surface area contributed by atoms with E-state index in [4.69, 9.17) is 4.42 Å². The lowest BCUT2D eigenvalue weighted by Crippen LogP contribution is -2.32. The van der Waals surface area contributed by atoms with Gasteiger partial charge in [0, 0.05) is 33.9 Å². The van der Waals surface area contributed by atoms with E-state index in [-0.39, 0.29) is 0 Å². The molecular formula is C53H33NO. The number of nitrogens with zero attached hydrogens (tertiary/aromatic N) is 1. The molecule has 55 heavy (non-hydrogen) atoms. The van der Waals surface area contributed by atoms with E-state index in [1.165, 1.54) is 66.4 Å². The van der Waals surface area contributed by atoms with Crippen LogP contribution >= 0.6 is 0 Å². The zero-order valence-corrected chi connectivity index (χ0v) is 29.9. The van der Waals surface area contributed by atoms with Crippen LogP contribution in [0.3, 0.4) is 0 Å². The van der Waals surface area contributed by atoms with Gasteiger partial charge in [0.1, 0.15) is 11.2 Å². The van der Waals surface area contributed by atoms with Crippen LogP contribution < -0.4 is 4.90 Å². The van der Waals surface area contributed by atoms with E-state index >= 15 is 0 Å². The first-order chi connectivity index (χ1) is 27.3. The molecule has 12 rings (SSSR count). The van der Waals surface area contributed by atoms with Crippen molar-refractivity contribution in [3.8, 4) is 33.4 Å². The minimum Gasteiger partial charge on any atom is -0.456 e. The number of hydrogen-bond acceptors (Lipinski definition) is 2. The van der Waals surface area contributed by atoms with Gasteiger partial charge in [0.2, 0.25) is 0 Å². The third-order valence-corrected chi connectivity index (χ3v) is 12.1. The molecule has 1 spiro atoms. The van der Waals surface area contributed by atoms with Crippen molar-refractivity contribution in [3.63, 3.8) is 0 Å². The van der Waals surface area contributed by atoms with Crippen LogP contribution in [0.2, 0.25) is 0 Å². The summed E-state index contributed by atoms with van der Waals surface area (Å²) in [6.07, 6.45) is 0. The number of furan rings is 1. The fourth-order valence-electron chi connectivity index (χ4n) is 9.87. The molecule has 0 N–H and O–H groups in total. The van der Waals surface area contributed by atoms with Gasteiger partial charge in [-0.25, -0.2) is 0 Å². The second kappa shape index (κ2) is 11.4. The molecule has 0 fully saturated rings.